The Morgan fingerprint density at radius 1 is 0.710 bits per heavy atom. The Kier molecular flexibility index (Phi) is 4.60. The van der Waals surface area contributed by atoms with Crippen LogP contribution >= 0.6 is 0 Å². The maximum absolute atomic E-state index is 4.40. The molecule has 1 aromatic rings. The zero-order valence-electron chi connectivity index (χ0n) is 19.3. The molecule has 3 N–H and O–H groups in total. The van der Waals surface area contributed by atoms with Crippen molar-refractivity contribution in [3.63, 3.8) is 0 Å². The molecular weight excluding hydrogens is 378 g/mol. The summed E-state index contributed by atoms with van der Waals surface area (Å²) >= 11 is 0. The minimum absolute atomic E-state index is 0.597. The zero-order chi connectivity index (χ0) is 20.5. The van der Waals surface area contributed by atoms with E-state index in [0.29, 0.717) is 24.2 Å². The molecule has 3 aliphatic carbocycles. The van der Waals surface area contributed by atoms with Gasteiger partial charge in [-0.2, -0.15) is 0 Å². The van der Waals surface area contributed by atoms with E-state index in [1.54, 1.807) is 5.56 Å². The van der Waals surface area contributed by atoms with Crippen LogP contribution in [0.4, 0.5) is 11.4 Å². The summed E-state index contributed by atoms with van der Waals surface area (Å²) < 4.78 is 0. The molecule has 3 aliphatic heterocycles. The first kappa shape index (κ1) is 19.3. The second kappa shape index (κ2) is 7.40. The SMILES string of the molecule is CC1CCC2C3CCCCC4c5cccc6c5NC2C1NC1CCCCCC(N6)C1C43. The Balaban J connectivity index is 1.51. The monoisotopic (exact) mass is 419 g/mol. The van der Waals surface area contributed by atoms with E-state index in [1.807, 2.05) is 0 Å². The largest absolute Gasteiger partial charge is 0.380 e. The van der Waals surface area contributed by atoms with Crippen LogP contribution in [0.2, 0.25) is 0 Å². The lowest BCUT2D eigenvalue weighted by atomic mass is 9.54. The molecule has 1 saturated heterocycles. The minimum Gasteiger partial charge on any atom is -0.380 e. The Morgan fingerprint density at radius 3 is 2.48 bits per heavy atom. The van der Waals surface area contributed by atoms with Crippen LogP contribution in [-0.2, 0) is 0 Å². The second-order valence-electron chi connectivity index (χ2n) is 12.1. The van der Waals surface area contributed by atoms with E-state index >= 15 is 0 Å². The van der Waals surface area contributed by atoms with Gasteiger partial charge < -0.3 is 16.0 Å². The maximum Gasteiger partial charge on any atom is 0.0614 e. The molecular formula is C28H41N3. The van der Waals surface area contributed by atoms with Crippen molar-refractivity contribution in [1.82, 2.24) is 5.32 Å². The van der Waals surface area contributed by atoms with Crippen LogP contribution in [-0.4, -0.2) is 24.2 Å². The van der Waals surface area contributed by atoms with E-state index in [4.69, 9.17) is 0 Å². The summed E-state index contributed by atoms with van der Waals surface area (Å²) in [6.07, 6.45) is 15.6. The van der Waals surface area contributed by atoms with Crippen LogP contribution in [0, 0.1) is 29.6 Å². The zero-order valence-corrected chi connectivity index (χ0v) is 19.3. The summed E-state index contributed by atoms with van der Waals surface area (Å²) in [5.74, 6) is 4.94. The van der Waals surface area contributed by atoms with Crippen LogP contribution in [0.5, 0.6) is 0 Å². The van der Waals surface area contributed by atoms with Gasteiger partial charge >= 0.3 is 0 Å². The van der Waals surface area contributed by atoms with Crippen LogP contribution in [0.3, 0.4) is 0 Å². The number of anilines is 2. The van der Waals surface area contributed by atoms with E-state index in [1.165, 1.54) is 82.0 Å². The summed E-state index contributed by atoms with van der Waals surface area (Å²) in [5.41, 5.74) is 4.58. The predicted molar refractivity (Wildman–Crippen MR) is 129 cm³/mol. The third kappa shape index (κ3) is 2.87. The Labute approximate surface area is 188 Å². The molecule has 6 aliphatic rings. The van der Waals surface area contributed by atoms with E-state index in [2.05, 4.69) is 41.1 Å². The Morgan fingerprint density at radius 2 is 1.55 bits per heavy atom. The third-order valence-corrected chi connectivity index (χ3v) is 10.7. The van der Waals surface area contributed by atoms with Gasteiger partial charge in [0, 0.05) is 24.2 Å². The van der Waals surface area contributed by atoms with Crippen LogP contribution < -0.4 is 16.0 Å². The van der Waals surface area contributed by atoms with E-state index < -0.39 is 0 Å². The summed E-state index contributed by atoms with van der Waals surface area (Å²) in [5, 5.41) is 12.9. The number of hydrogen-bond donors (Lipinski definition) is 3. The smallest absolute Gasteiger partial charge is 0.0614 e. The third-order valence-electron chi connectivity index (χ3n) is 10.7. The normalized spacial score (nSPS) is 47.8. The second-order valence-corrected chi connectivity index (χ2v) is 12.1. The number of benzene rings is 1. The highest BCUT2D eigenvalue weighted by Crippen LogP contribution is 2.58. The lowest BCUT2D eigenvalue weighted by Gasteiger charge is -2.59. The van der Waals surface area contributed by atoms with Gasteiger partial charge in [-0.05, 0) is 85.7 Å². The first-order valence-electron chi connectivity index (χ1n) is 13.7. The van der Waals surface area contributed by atoms with Gasteiger partial charge in [-0.25, -0.2) is 0 Å². The lowest BCUT2D eigenvalue weighted by molar-refractivity contribution is 0.00554. The van der Waals surface area contributed by atoms with Crippen molar-refractivity contribution in [3.05, 3.63) is 23.8 Å². The summed E-state index contributed by atoms with van der Waals surface area (Å²) in [7, 11) is 0. The van der Waals surface area contributed by atoms with Gasteiger partial charge in [-0.3, -0.25) is 0 Å². The van der Waals surface area contributed by atoms with Crippen molar-refractivity contribution in [2.75, 3.05) is 10.6 Å². The fourth-order valence-corrected chi connectivity index (χ4v) is 9.47. The van der Waals surface area contributed by atoms with Crippen molar-refractivity contribution < 1.29 is 0 Å². The molecule has 31 heavy (non-hydrogen) atoms. The Hall–Kier alpha value is -1.22. The summed E-state index contributed by atoms with van der Waals surface area (Å²) in [6.45, 7) is 2.54. The highest BCUT2D eigenvalue weighted by Gasteiger charge is 2.55. The fourth-order valence-electron chi connectivity index (χ4n) is 9.47. The number of rotatable bonds is 0. The Bertz CT molecular complexity index is 836. The van der Waals surface area contributed by atoms with Crippen LogP contribution in [0.25, 0.3) is 0 Å². The minimum atomic E-state index is 0.597. The number of hydrogen-bond acceptors (Lipinski definition) is 3. The van der Waals surface area contributed by atoms with Crippen molar-refractivity contribution in [1.29, 1.82) is 0 Å². The molecule has 0 amide bonds. The van der Waals surface area contributed by atoms with E-state index in [0.717, 1.165) is 35.5 Å². The molecule has 7 rings (SSSR count). The molecule has 0 radical (unpaired) electrons. The first-order chi connectivity index (χ1) is 15.3. The van der Waals surface area contributed by atoms with Gasteiger partial charge in [0.25, 0.3) is 0 Å². The molecule has 168 valence electrons. The summed E-state index contributed by atoms with van der Waals surface area (Å²) in [4.78, 5) is 0. The molecule has 1 aromatic carbocycles. The molecule has 10 unspecified atom stereocenters. The molecule has 3 saturated carbocycles. The molecule has 3 heterocycles. The maximum atomic E-state index is 4.40. The van der Waals surface area contributed by atoms with Gasteiger partial charge in [0.15, 0.2) is 0 Å². The standard InChI is InChI=1S/C28H41N3/c1-16-14-15-20-18-9-6-5-8-17-19-10-7-13-23-27(19)31-28(20)26(16)30-22-12-4-2-3-11-21(29-23)25(22)24(17)18/h7,10,13,16-18,20-22,24-26,28-31H,2-6,8-9,11-12,14-15H2,1H3. The number of nitrogens with one attached hydrogen (secondary N) is 3. The predicted octanol–water partition coefficient (Wildman–Crippen LogP) is 6.13. The van der Waals surface area contributed by atoms with Gasteiger partial charge in [0.05, 0.1) is 11.4 Å². The molecule has 4 fully saturated rings. The van der Waals surface area contributed by atoms with E-state index in [-0.39, 0.29) is 0 Å². The van der Waals surface area contributed by atoms with Crippen LogP contribution in [0.1, 0.15) is 89.0 Å². The average Bonchev–Trinajstić information content (AvgIpc) is 2.98. The van der Waals surface area contributed by atoms with Crippen molar-refractivity contribution in [3.8, 4) is 0 Å². The highest BCUT2D eigenvalue weighted by atomic mass is 15.1. The van der Waals surface area contributed by atoms with Crippen molar-refractivity contribution >= 4 is 11.4 Å². The van der Waals surface area contributed by atoms with Crippen molar-refractivity contribution in [2.24, 2.45) is 29.6 Å². The fraction of sp³-hybridized carbons (Fsp3) is 0.786. The van der Waals surface area contributed by atoms with Gasteiger partial charge in [-0.15, -0.1) is 0 Å². The molecule has 0 spiro atoms. The summed E-state index contributed by atoms with van der Waals surface area (Å²) in [6, 6.07) is 9.79. The highest BCUT2D eigenvalue weighted by molar-refractivity contribution is 5.75. The molecule has 3 nitrogen and oxygen atoms in total. The quantitative estimate of drug-likeness (QED) is 0.473. The van der Waals surface area contributed by atoms with Crippen molar-refractivity contribution in [2.45, 2.75) is 108 Å². The van der Waals surface area contributed by atoms with Gasteiger partial charge in [-0.1, -0.05) is 51.2 Å². The molecule has 0 aromatic heterocycles. The lowest BCUT2D eigenvalue weighted by Crippen LogP contribution is -2.66. The average molecular weight is 420 g/mol. The molecule has 10 atom stereocenters. The van der Waals surface area contributed by atoms with Gasteiger partial charge in [0.1, 0.15) is 0 Å². The first-order valence-corrected chi connectivity index (χ1v) is 13.7. The molecule has 3 heteroatoms. The number of para-hydroxylation sites is 1. The molecule has 9 bridgehead atoms. The van der Waals surface area contributed by atoms with E-state index in [9.17, 15) is 0 Å². The van der Waals surface area contributed by atoms with Crippen LogP contribution in [0.15, 0.2) is 18.2 Å². The topological polar surface area (TPSA) is 36.1 Å². The van der Waals surface area contributed by atoms with Gasteiger partial charge in [0.2, 0.25) is 0 Å².